The fourth-order valence-corrected chi connectivity index (χ4v) is 4.39. The van der Waals surface area contributed by atoms with Crippen LogP contribution in [0.2, 0.25) is 5.02 Å². The van der Waals surface area contributed by atoms with Crippen LogP contribution in [0, 0.1) is 0 Å². The van der Waals surface area contributed by atoms with Crippen LogP contribution in [0.25, 0.3) is 4.96 Å². The van der Waals surface area contributed by atoms with E-state index in [0.717, 1.165) is 63.7 Å². The number of aryl methyl sites for hydroxylation is 1. The van der Waals surface area contributed by atoms with Crippen molar-refractivity contribution in [1.82, 2.24) is 19.8 Å². The molecule has 0 saturated heterocycles. The van der Waals surface area contributed by atoms with Crippen molar-refractivity contribution in [3.8, 4) is 0 Å². The van der Waals surface area contributed by atoms with Crippen molar-refractivity contribution < 1.29 is 0 Å². The lowest BCUT2D eigenvalue weighted by Gasteiger charge is -2.01. The highest BCUT2D eigenvalue weighted by atomic mass is 35.5. The molecule has 0 unspecified atom stereocenters. The standard InChI is InChI=1S/C15H18ClN5S2/c16-12-7-4-3-6-11(12)10-22-15-20-21-13(8-2-1-5-9-17)18-19-14(21)23-15/h3-4,6-7H,1-2,5,8-10,17H2. The van der Waals surface area contributed by atoms with Gasteiger partial charge in [0.15, 0.2) is 10.2 Å². The molecule has 3 rings (SSSR count). The molecule has 2 heterocycles. The zero-order chi connectivity index (χ0) is 16.1. The van der Waals surface area contributed by atoms with Crippen molar-refractivity contribution in [3.05, 3.63) is 40.7 Å². The van der Waals surface area contributed by atoms with Gasteiger partial charge in [0.05, 0.1) is 0 Å². The van der Waals surface area contributed by atoms with Gasteiger partial charge in [0.2, 0.25) is 4.96 Å². The zero-order valence-corrected chi connectivity index (χ0v) is 15.0. The van der Waals surface area contributed by atoms with Gasteiger partial charge in [-0.05, 0) is 31.0 Å². The van der Waals surface area contributed by atoms with Gasteiger partial charge >= 0.3 is 0 Å². The number of nitrogens with two attached hydrogens (primary N) is 1. The minimum atomic E-state index is 0.745. The first-order valence-corrected chi connectivity index (χ1v) is 9.73. The maximum absolute atomic E-state index is 6.19. The molecule has 2 N–H and O–H groups in total. The van der Waals surface area contributed by atoms with E-state index in [1.165, 1.54) is 0 Å². The first-order valence-electron chi connectivity index (χ1n) is 7.55. The van der Waals surface area contributed by atoms with Gasteiger partial charge in [0, 0.05) is 17.2 Å². The zero-order valence-electron chi connectivity index (χ0n) is 12.6. The SMILES string of the molecule is NCCCCCc1nnc2sc(SCc3ccccc3Cl)nn12. The first kappa shape index (κ1) is 16.7. The molecule has 23 heavy (non-hydrogen) atoms. The molecule has 0 spiro atoms. The lowest BCUT2D eigenvalue weighted by Crippen LogP contribution is -2.00. The Balaban J connectivity index is 1.64. The minimum absolute atomic E-state index is 0.745. The smallest absolute Gasteiger partial charge is 0.235 e. The Kier molecular flexibility index (Phi) is 5.88. The highest BCUT2D eigenvalue weighted by Crippen LogP contribution is 2.29. The van der Waals surface area contributed by atoms with Crippen LogP contribution in [0.3, 0.4) is 0 Å². The van der Waals surface area contributed by atoms with Crippen LogP contribution in [0.1, 0.15) is 30.7 Å². The number of unbranched alkanes of at least 4 members (excludes halogenated alkanes) is 2. The van der Waals surface area contributed by atoms with E-state index in [-0.39, 0.29) is 0 Å². The highest BCUT2D eigenvalue weighted by Gasteiger charge is 2.12. The largest absolute Gasteiger partial charge is 0.330 e. The summed E-state index contributed by atoms with van der Waals surface area (Å²) in [6.07, 6.45) is 4.12. The number of fused-ring (bicyclic) bond motifs is 1. The van der Waals surface area contributed by atoms with Crippen molar-refractivity contribution in [2.75, 3.05) is 6.54 Å². The molecule has 0 radical (unpaired) electrons. The number of rotatable bonds is 8. The van der Waals surface area contributed by atoms with Gasteiger partial charge in [-0.3, -0.25) is 0 Å². The average molecular weight is 368 g/mol. The van der Waals surface area contributed by atoms with Crippen molar-refractivity contribution in [3.63, 3.8) is 0 Å². The summed E-state index contributed by atoms with van der Waals surface area (Å²) in [7, 11) is 0. The summed E-state index contributed by atoms with van der Waals surface area (Å²) < 4.78 is 2.85. The minimum Gasteiger partial charge on any atom is -0.330 e. The number of hydrogen-bond acceptors (Lipinski definition) is 6. The molecule has 0 aliphatic carbocycles. The van der Waals surface area contributed by atoms with Crippen molar-refractivity contribution in [1.29, 1.82) is 0 Å². The molecule has 3 aromatic rings. The third kappa shape index (κ3) is 4.23. The van der Waals surface area contributed by atoms with E-state index in [0.29, 0.717) is 0 Å². The number of hydrogen-bond donors (Lipinski definition) is 1. The molecule has 0 saturated carbocycles. The number of benzene rings is 1. The molecule has 5 nitrogen and oxygen atoms in total. The Morgan fingerprint density at radius 2 is 2.04 bits per heavy atom. The third-order valence-electron chi connectivity index (χ3n) is 3.45. The molecule has 0 amide bonds. The second-order valence-electron chi connectivity index (χ2n) is 5.16. The van der Waals surface area contributed by atoms with Crippen molar-refractivity contribution in [2.24, 2.45) is 5.73 Å². The van der Waals surface area contributed by atoms with Crippen LogP contribution in [-0.4, -0.2) is 26.4 Å². The average Bonchev–Trinajstić information content (AvgIpc) is 3.12. The maximum Gasteiger partial charge on any atom is 0.235 e. The predicted molar refractivity (Wildman–Crippen MR) is 96.3 cm³/mol. The molecular weight excluding hydrogens is 350 g/mol. The molecular formula is C15H18ClN5S2. The fourth-order valence-electron chi connectivity index (χ4n) is 2.21. The molecule has 8 heteroatoms. The predicted octanol–water partition coefficient (Wildman–Crippen LogP) is 3.80. The molecule has 0 bridgehead atoms. The van der Waals surface area contributed by atoms with Gasteiger partial charge in [-0.2, -0.15) is 4.52 Å². The number of aromatic nitrogens is 4. The second kappa shape index (κ2) is 8.10. The van der Waals surface area contributed by atoms with Crippen LogP contribution in [0.15, 0.2) is 28.6 Å². The van der Waals surface area contributed by atoms with E-state index in [2.05, 4.69) is 15.3 Å². The summed E-state index contributed by atoms with van der Waals surface area (Å²) in [6, 6.07) is 7.89. The van der Waals surface area contributed by atoms with Crippen LogP contribution in [0.5, 0.6) is 0 Å². The topological polar surface area (TPSA) is 69.1 Å². The van der Waals surface area contributed by atoms with Crippen molar-refractivity contribution >= 4 is 39.7 Å². The van der Waals surface area contributed by atoms with Crippen LogP contribution >= 0.6 is 34.7 Å². The Morgan fingerprint density at radius 3 is 2.87 bits per heavy atom. The fraction of sp³-hybridized carbons (Fsp3) is 0.400. The van der Waals surface area contributed by atoms with E-state index in [9.17, 15) is 0 Å². The molecule has 122 valence electrons. The summed E-state index contributed by atoms with van der Waals surface area (Å²) in [5, 5.41) is 13.9. The Morgan fingerprint density at radius 1 is 1.17 bits per heavy atom. The third-order valence-corrected chi connectivity index (χ3v) is 5.90. The summed E-state index contributed by atoms with van der Waals surface area (Å²) in [4.78, 5) is 0.848. The normalized spacial score (nSPS) is 11.4. The van der Waals surface area contributed by atoms with Gasteiger partial charge in [-0.1, -0.05) is 59.3 Å². The van der Waals surface area contributed by atoms with E-state index >= 15 is 0 Å². The van der Waals surface area contributed by atoms with Gasteiger partial charge in [-0.15, -0.1) is 15.3 Å². The molecule has 0 aliphatic rings. The monoisotopic (exact) mass is 367 g/mol. The molecule has 0 atom stereocenters. The summed E-state index contributed by atoms with van der Waals surface area (Å²) in [5.41, 5.74) is 6.64. The Bertz CT molecular complexity index is 770. The van der Waals surface area contributed by atoms with E-state index in [4.69, 9.17) is 17.3 Å². The van der Waals surface area contributed by atoms with E-state index in [1.54, 1.807) is 23.1 Å². The molecule has 2 aromatic heterocycles. The van der Waals surface area contributed by atoms with Gasteiger partial charge < -0.3 is 5.73 Å². The molecule has 1 aromatic carbocycles. The van der Waals surface area contributed by atoms with Crippen molar-refractivity contribution in [2.45, 2.75) is 35.8 Å². The summed E-state index contributed by atoms with van der Waals surface area (Å²) >= 11 is 9.43. The highest BCUT2D eigenvalue weighted by molar-refractivity contribution is 8.00. The van der Waals surface area contributed by atoms with Crippen LogP contribution in [-0.2, 0) is 12.2 Å². The van der Waals surface area contributed by atoms with Gasteiger partial charge in [0.25, 0.3) is 0 Å². The quantitative estimate of drug-likeness (QED) is 0.484. The summed E-state index contributed by atoms with van der Waals surface area (Å²) in [5.74, 6) is 1.73. The molecule has 0 fully saturated rings. The summed E-state index contributed by atoms with van der Waals surface area (Å²) in [6.45, 7) is 0.745. The number of thioether (sulfide) groups is 1. The number of halogens is 1. The van der Waals surface area contributed by atoms with Crippen LogP contribution < -0.4 is 5.73 Å². The second-order valence-corrected chi connectivity index (χ2v) is 7.74. The lowest BCUT2D eigenvalue weighted by molar-refractivity contribution is 0.654. The van der Waals surface area contributed by atoms with E-state index in [1.807, 2.05) is 28.8 Å². The lowest BCUT2D eigenvalue weighted by atomic mass is 10.2. The molecule has 0 aliphatic heterocycles. The number of nitrogens with zero attached hydrogens (tertiary/aromatic N) is 4. The van der Waals surface area contributed by atoms with Gasteiger partial charge in [0.1, 0.15) is 0 Å². The van der Waals surface area contributed by atoms with E-state index < -0.39 is 0 Å². The van der Waals surface area contributed by atoms with Gasteiger partial charge in [-0.25, -0.2) is 0 Å². The Hall–Kier alpha value is -1.15. The maximum atomic E-state index is 6.19. The van der Waals surface area contributed by atoms with Crippen LogP contribution in [0.4, 0.5) is 0 Å². The first-order chi connectivity index (χ1) is 11.3. The Labute approximate surface area is 148 Å².